The lowest BCUT2D eigenvalue weighted by Crippen LogP contribution is -2.15. The predicted octanol–water partition coefficient (Wildman–Crippen LogP) is 1.49. The minimum atomic E-state index is 0.514. The summed E-state index contributed by atoms with van der Waals surface area (Å²) in [5.41, 5.74) is 0. The van der Waals surface area contributed by atoms with Crippen LogP contribution in [0.2, 0.25) is 0 Å². The highest BCUT2D eigenvalue weighted by molar-refractivity contribution is 4.73. The molecule has 66 valence electrons. The second-order valence-electron chi connectivity index (χ2n) is 3.45. The van der Waals surface area contributed by atoms with Gasteiger partial charge < -0.3 is 0 Å². The van der Waals surface area contributed by atoms with Gasteiger partial charge >= 0.3 is 0 Å². The molecule has 2 rings (SSSR count). The summed E-state index contributed by atoms with van der Waals surface area (Å²) in [7, 11) is 0. The summed E-state index contributed by atoms with van der Waals surface area (Å²) < 4.78 is 0. The van der Waals surface area contributed by atoms with E-state index in [1.54, 1.807) is 4.80 Å². The van der Waals surface area contributed by atoms with Crippen LogP contribution in [0.3, 0.4) is 0 Å². The van der Waals surface area contributed by atoms with Crippen molar-refractivity contribution in [1.29, 1.82) is 0 Å². The van der Waals surface area contributed by atoms with Crippen LogP contribution in [0, 0.1) is 6.92 Å². The summed E-state index contributed by atoms with van der Waals surface area (Å²) in [6.07, 6.45) is 6.42. The van der Waals surface area contributed by atoms with Crippen LogP contribution in [0.1, 0.15) is 44.0 Å². The Morgan fingerprint density at radius 1 is 1.25 bits per heavy atom. The zero-order chi connectivity index (χ0) is 8.39. The maximum atomic E-state index is 4.23. The Morgan fingerprint density at radius 2 is 2.00 bits per heavy atom. The van der Waals surface area contributed by atoms with Crippen LogP contribution in [-0.4, -0.2) is 20.2 Å². The van der Waals surface area contributed by atoms with Gasteiger partial charge in [-0.1, -0.05) is 19.3 Å². The molecule has 1 aliphatic carbocycles. The Morgan fingerprint density at radius 3 is 2.58 bits per heavy atom. The van der Waals surface area contributed by atoms with Crippen molar-refractivity contribution in [3.63, 3.8) is 0 Å². The molecule has 0 amide bonds. The van der Waals surface area contributed by atoms with Crippen molar-refractivity contribution in [2.24, 2.45) is 0 Å². The molecular formula is C8H14N4. The van der Waals surface area contributed by atoms with Crippen LogP contribution >= 0.6 is 0 Å². The largest absolute Gasteiger partial charge is 0.171 e. The monoisotopic (exact) mass is 166 g/mol. The second-order valence-corrected chi connectivity index (χ2v) is 3.45. The normalized spacial score (nSPS) is 19.8. The second kappa shape index (κ2) is 3.21. The van der Waals surface area contributed by atoms with Crippen LogP contribution in [0.4, 0.5) is 0 Å². The highest BCUT2D eigenvalue weighted by atomic mass is 15.6. The smallest absolute Gasteiger partial charge is 0.161 e. The minimum absolute atomic E-state index is 0.514. The molecule has 0 spiro atoms. The zero-order valence-electron chi connectivity index (χ0n) is 7.40. The van der Waals surface area contributed by atoms with Crippen molar-refractivity contribution < 1.29 is 0 Å². The molecule has 0 atom stereocenters. The van der Waals surface area contributed by atoms with Gasteiger partial charge in [0.05, 0.1) is 6.04 Å². The van der Waals surface area contributed by atoms with Gasteiger partial charge in [0.25, 0.3) is 0 Å². The Labute approximate surface area is 72.0 Å². The van der Waals surface area contributed by atoms with E-state index in [1.807, 2.05) is 6.92 Å². The number of nitrogens with zero attached hydrogens (tertiary/aromatic N) is 4. The average Bonchev–Trinajstić information content (AvgIpc) is 2.54. The fourth-order valence-electron chi connectivity index (χ4n) is 1.77. The molecule has 1 fully saturated rings. The van der Waals surface area contributed by atoms with Gasteiger partial charge in [-0.2, -0.15) is 4.80 Å². The molecule has 1 aromatic rings. The molecule has 1 saturated carbocycles. The fraction of sp³-hybridized carbons (Fsp3) is 0.875. The Hall–Kier alpha value is -0.930. The number of hydrogen-bond acceptors (Lipinski definition) is 3. The number of aryl methyl sites for hydroxylation is 1. The number of rotatable bonds is 1. The van der Waals surface area contributed by atoms with Crippen molar-refractivity contribution in [3.8, 4) is 0 Å². The van der Waals surface area contributed by atoms with Crippen molar-refractivity contribution >= 4 is 0 Å². The molecule has 4 heteroatoms. The van der Waals surface area contributed by atoms with E-state index in [4.69, 9.17) is 0 Å². The third kappa shape index (κ3) is 1.47. The van der Waals surface area contributed by atoms with E-state index in [9.17, 15) is 0 Å². The van der Waals surface area contributed by atoms with E-state index < -0.39 is 0 Å². The van der Waals surface area contributed by atoms with Gasteiger partial charge in [-0.3, -0.25) is 0 Å². The lowest BCUT2D eigenvalue weighted by atomic mass is 9.96. The van der Waals surface area contributed by atoms with Gasteiger partial charge in [0, 0.05) is 0 Å². The number of hydrogen-bond donors (Lipinski definition) is 0. The first kappa shape index (κ1) is 7.71. The van der Waals surface area contributed by atoms with Crippen molar-refractivity contribution in [2.45, 2.75) is 45.1 Å². The van der Waals surface area contributed by atoms with Crippen molar-refractivity contribution in [2.75, 3.05) is 0 Å². The molecule has 12 heavy (non-hydrogen) atoms. The molecule has 0 aromatic carbocycles. The third-order valence-electron chi connectivity index (χ3n) is 2.43. The number of aromatic nitrogens is 4. The summed E-state index contributed by atoms with van der Waals surface area (Å²) in [6.45, 7) is 1.88. The highest BCUT2D eigenvalue weighted by Crippen LogP contribution is 2.26. The molecule has 0 N–H and O–H groups in total. The van der Waals surface area contributed by atoms with Gasteiger partial charge in [0.1, 0.15) is 0 Å². The van der Waals surface area contributed by atoms with E-state index in [2.05, 4.69) is 15.4 Å². The predicted molar refractivity (Wildman–Crippen MR) is 44.7 cm³/mol. The molecule has 0 radical (unpaired) electrons. The third-order valence-corrected chi connectivity index (χ3v) is 2.43. The lowest BCUT2D eigenvalue weighted by molar-refractivity contribution is 0.297. The minimum Gasteiger partial charge on any atom is -0.161 e. The quantitative estimate of drug-likeness (QED) is 0.634. The maximum absolute atomic E-state index is 4.23. The Bertz CT molecular complexity index is 249. The van der Waals surface area contributed by atoms with Crippen LogP contribution in [0.5, 0.6) is 0 Å². The van der Waals surface area contributed by atoms with Gasteiger partial charge in [0.2, 0.25) is 0 Å². The van der Waals surface area contributed by atoms with Crippen molar-refractivity contribution in [3.05, 3.63) is 5.82 Å². The topological polar surface area (TPSA) is 43.6 Å². The van der Waals surface area contributed by atoms with Gasteiger partial charge in [-0.25, -0.2) is 0 Å². The van der Waals surface area contributed by atoms with E-state index in [0.29, 0.717) is 6.04 Å². The first-order chi connectivity index (χ1) is 5.86. The van der Waals surface area contributed by atoms with E-state index in [0.717, 1.165) is 5.82 Å². The first-order valence-corrected chi connectivity index (χ1v) is 4.62. The maximum Gasteiger partial charge on any atom is 0.171 e. The molecule has 1 aliphatic rings. The molecule has 0 bridgehead atoms. The Balaban J connectivity index is 2.08. The fourth-order valence-corrected chi connectivity index (χ4v) is 1.77. The molecule has 0 aliphatic heterocycles. The zero-order valence-corrected chi connectivity index (χ0v) is 7.40. The van der Waals surface area contributed by atoms with E-state index in [-0.39, 0.29) is 0 Å². The molecule has 0 saturated heterocycles. The summed E-state index contributed by atoms with van der Waals surface area (Å²) in [6, 6.07) is 0.514. The molecule has 0 unspecified atom stereocenters. The van der Waals surface area contributed by atoms with E-state index in [1.165, 1.54) is 32.1 Å². The van der Waals surface area contributed by atoms with Crippen LogP contribution < -0.4 is 0 Å². The van der Waals surface area contributed by atoms with Gasteiger partial charge in [0.15, 0.2) is 5.82 Å². The van der Waals surface area contributed by atoms with Crippen molar-refractivity contribution in [1.82, 2.24) is 20.2 Å². The summed E-state index contributed by atoms with van der Waals surface area (Å²) in [5.74, 6) is 0.778. The highest BCUT2D eigenvalue weighted by Gasteiger charge is 2.16. The SMILES string of the molecule is Cc1nnn(C2CCCCC2)n1. The first-order valence-electron chi connectivity index (χ1n) is 4.62. The molecule has 4 nitrogen and oxygen atoms in total. The van der Waals surface area contributed by atoms with Crippen LogP contribution in [0.15, 0.2) is 0 Å². The molecular weight excluding hydrogens is 152 g/mol. The number of tetrazole rings is 1. The molecule has 1 heterocycles. The van der Waals surface area contributed by atoms with Crippen LogP contribution in [-0.2, 0) is 0 Å². The summed E-state index contributed by atoms with van der Waals surface area (Å²) >= 11 is 0. The summed E-state index contributed by atoms with van der Waals surface area (Å²) in [4.78, 5) is 1.79. The summed E-state index contributed by atoms with van der Waals surface area (Å²) in [5, 5.41) is 12.1. The lowest BCUT2D eigenvalue weighted by Gasteiger charge is -2.19. The van der Waals surface area contributed by atoms with Crippen LogP contribution in [0.25, 0.3) is 0 Å². The Kier molecular flexibility index (Phi) is 2.06. The standard InChI is InChI=1S/C8H14N4/c1-7-9-11-12(10-7)8-5-3-2-4-6-8/h8H,2-6H2,1H3. The van der Waals surface area contributed by atoms with Gasteiger partial charge in [-0.05, 0) is 25.0 Å². The average molecular weight is 166 g/mol. The van der Waals surface area contributed by atoms with E-state index >= 15 is 0 Å². The molecule has 1 aromatic heterocycles. The van der Waals surface area contributed by atoms with Gasteiger partial charge in [-0.15, -0.1) is 10.2 Å².